The molecule has 0 N–H and O–H groups in total. The van der Waals surface area contributed by atoms with Gasteiger partial charge in [-0.05, 0) is 13.8 Å². The number of carbonyl (C=O) groups is 2. The average molecular weight is 257 g/mol. The van der Waals surface area contributed by atoms with E-state index in [0.717, 1.165) is 0 Å². The molecular formula is C12H19NO5. The van der Waals surface area contributed by atoms with Crippen LogP contribution in [0.4, 0.5) is 0 Å². The molecule has 0 saturated carbocycles. The van der Waals surface area contributed by atoms with Crippen molar-refractivity contribution in [3.63, 3.8) is 0 Å². The van der Waals surface area contributed by atoms with Gasteiger partial charge in [0.25, 0.3) is 0 Å². The van der Waals surface area contributed by atoms with Crippen molar-refractivity contribution in [2.24, 2.45) is 0 Å². The van der Waals surface area contributed by atoms with Gasteiger partial charge in [-0.1, -0.05) is 0 Å². The Labute approximate surface area is 106 Å². The summed E-state index contributed by atoms with van der Waals surface area (Å²) in [5.74, 6) is -1.04. The molecule has 1 aliphatic heterocycles. The molecular weight excluding hydrogens is 238 g/mol. The summed E-state index contributed by atoms with van der Waals surface area (Å²) in [6, 6.07) is 0. The summed E-state index contributed by atoms with van der Waals surface area (Å²) < 4.78 is 15.0. The average Bonchev–Trinajstić information content (AvgIpc) is 2.37. The topological polar surface area (TPSA) is 65.1 Å². The SMILES string of the molecule is CCOC(=O)/C=C(\C(=O)OCC)N1CCOCC1. The third kappa shape index (κ3) is 4.37. The predicted molar refractivity (Wildman–Crippen MR) is 63.7 cm³/mol. The maximum atomic E-state index is 11.8. The van der Waals surface area contributed by atoms with Crippen LogP contribution in [0.3, 0.4) is 0 Å². The Morgan fingerprint density at radius 2 is 1.78 bits per heavy atom. The second-order valence-electron chi connectivity index (χ2n) is 3.60. The number of hydrogen-bond acceptors (Lipinski definition) is 6. The first kappa shape index (κ1) is 14.5. The molecule has 1 saturated heterocycles. The zero-order valence-electron chi connectivity index (χ0n) is 10.8. The summed E-state index contributed by atoms with van der Waals surface area (Å²) in [7, 11) is 0. The molecule has 0 amide bonds. The molecule has 1 heterocycles. The lowest BCUT2D eigenvalue weighted by atomic mass is 10.3. The van der Waals surface area contributed by atoms with E-state index in [4.69, 9.17) is 14.2 Å². The number of nitrogens with zero attached hydrogens (tertiary/aromatic N) is 1. The van der Waals surface area contributed by atoms with Crippen molar-refractivity contribution in [3.8, 4) is 0 Å². The van der Waals surface area contributed by atoms with Crippen LogP contribution in [0.25, 0.3) is 0 Å². The van der Waals surface area contributed by atoms with Crippen LogP contribution in [-0.2, 0) is 23.8 Å². The molecule has 0 aromatic carbocycles. The van der Waals surface area contributed by atoms with E-state index in [9.17, 15) is 9.59 Å². The standard InChI is InChI=1S/C12H19NO5/c1-3-17-11(14)9-10(12(15)18-4-2)13-5-7-16-8-6-13/h9H,3-8H2,1-2H3/b10-9+. The van der Waals surface area contributed by atoms with E-state index in [2.05, 4.69) is 0 Å². The molecule has 6 heteroatoms. The van der Waals surface area contributed by atoms with Crippen LogP contribution < -0.4 is 0 Å². The Morgan fingerprint density at radius 1 is 1.17 bits per heavy atom. The van der Waals surface area contributed by atoms with Gasteiger partial charge in [-0.15, -0.1) is 0 Å². The first-order chi connectivity index (χ1) is 8.69. The Kier molecular flexibility index (Phi) is 6.21. The van der Waals surface area contributed by atoms with Gasteiger partial charge in [0.15, 0.2) is 0 Å². The summed E-state index contributed by atoms with van der Waals surface area (Å²) in [6.45, 7) is 6.15. The fourth-order valence-corrected chi connectivity index (χ4v) is 1.58. The van der Waals surface area contributed by atoms with Gasteiger partial charge >= 0.3 is 11.9 Å². The molecule has 0 spiro atoms. The van der Waals surface area contributed by atoms with E-state index >= 15 is 0 Å². The molecule has 18 heavy (non-hydrogen) atoms. The summed E-state index contributed by atoms with van der Waals surface area (Å²) in [5.41, 5.74) is 0.235. The van der Waals surface area contributed by atoms with Crippen LogP contribution in [0, 0.1) is 0 Å². The maximum absolute atomic E-state index is 11.8. The first-order valence-electron chi connectivity index (χ1n) is 6.07. The highest BCUT2D eigenvalue weighted by Gasteiger charge is 2.22. The number of rotatable bonds is 5. The molecule has 6 nitrogen and oxygen atoms in total. The summed E-state index contributed by atoms with van der Waals surface area (Å²) in [6.07, 6.45) is 1.19. The van der Waals surface area contributed by atoms with Crippen molar-refractivity contribution in [3.05, 3.63) is 11.8 Å². The highest BCUT2D eigenvalue weighted by atomic mass is 16.5. The molecule has 1 fully saturated rings. The molecule has 1 aliphatic rings. The van der Waals surface area contributed by atoms with Gasteiger partial charge in [-0.3, -0.25) is 0 Å². The van der Waals surface area contributed by atoms with Gasteiger partial charge in [0, 0.05) is 13.1 Å². The number of carbonyl (C=O) groups excluding carboxylic acids is 2. The zero-order chi connectivity index (χ0) is 13.4. The van der Waals surface area contributed by atoms with Crippen molar-refractivity contribution in [1.29, 1.82) is 0 Å². The van der Waals surface area contributed by atoms with E-state index in [1.165, 1.54) is 6.08 Å². The Hall–Kier alpha value is -1.56. The molecule has 0 aliphatic carbocycles. The molecule has 1 rings (SSSR count). The van der Waals surface area contributed by atoms with Crippen LogP contribution in [-0.4, -0.2) is 56.4 Å². The second kappa shape index (κ2) is 7.71. The second-order valence-corrected chi connectivity index (χ2v) is 3.60. The minimum Gasteiger partial charge on any atom is -0.463 e. The number of hydrogen-bond donors (Lipinski definition) is 0. The molecule has 102 valence electrons. The molecule has 0 unspecified atom stereocenters. The van der Waals surface area contributed by atoms with Gasteiger partial charge in [0.2, 0.25) is 0 Å². The highest BCUT2D eigenvalue weighted by molar-refractivity contribution is 5.95. The number of ether oxygens (including phenoxy) is 3. The molecule has 0 radical (unpaired) electrons. The highest BCUT2D eigenvalue weighted by Crippen LogP contribution is 2.10. The van der Waals surface area contributed by atoms with E-state index in [-0.39, 0.29) is 18.9 Å². The van der Waals surface area contributed by atoms with Crippen molar-refractivity contribution in [2.45, 2.75) is 13.8 Å². The van der Waals surface area contributed by atoms with E-state index in [0.29, 0.717) is 26.3 Å². The van der Waals surface area contributed by atoms with E-state index < -0.39 is 11.9 Å². The normalized spacial score (nSPS) is 16.3. The van der Waals surface area contributed by atoms with E-state index in [1.54, 1.807) is 18.7 Å². The van der Waals surface area contributed by atoms with Crippen molar-refractivity contribution in [2.75, 3.05) is 39.5 Å². The third-order valence-electron chi connectivity index (χ3n) is 2.38. The molecule has 0 bridgehead atoms. The van der Waals surface area contributed by atoms with Crippen molar-refractivity contribution >= 4 is 11.9 Å². The summed E-state index contributed by atoms with van der Waals surface area (Å²) in [5, 5.41) is 0. The van der Waals surface area contributed by atoms with Gasteiger partial charge < -0.3 is 19.1 Å². The van der Waals surface area contributed by atoms with Gasteiger partial charge in [-0.25, -0.2) is 9.59 Å². The largest absolute Gasteiger partial charge is 0.463 e. The van der Waals surface area contributed by atoms with Crippen molar-refractivity contribution < 1.29 is 23.8 Å². The Bertz CT molecular complexity index is 320. The van der Waals surface area contributed by atoms with Crippen LogP contribution in [0.2, 0.25) is 0 Å². The minimum absolute atomic E-state index is 0.235. The van der Waals surface area contributed by atoms with Crippen LogP contribution in [0.15, 0.2) is 11.8 Å². The predicted octanol–water partition coefficient (Wildman–Crippen LogP) is 0.329. The first-order valence-corrected chi connectivity index (χ1v) is 6.07. The monoisotopic (exact) mass is 257 g/mol. The Balaban J connectivity index is 2.79. The molecule has 0 atom stereocenters. The van der Waals surface area contributed by atoms with Gasteiger partial charge in [0.1, 0.15) is 5.70 Å². The zero-order valence-corrected chi connectivity index (χ0v) is 10.8. The number of esters is 2. The van der Waals surface area contributed by atoms with Crippen LogP contribution in [0.5, 0.6) is 0 Å². The summed E-state index contributed by atoms with van der Waals surface area (Å²) in [4.78, 5) is 25.0. The lowest BCUT2D eigenvalue weighted by Gasteiger charge is -2.29. The lowest BCUT2D eigenvalue weighted by Crippen LogP contribution is -2.39. The molecule has 0 aromatic heterocycles. The summed E-state index contributed by atoms with van der Waals surface area (Å²) >= 11 is 0. The number of morpholine rings is 1. The van der Waals surface area contributed by atoms with Crippen molar-refractivity contribution in [1.82, 2.24) is 4.90 Å². The Morgan fingerprint density at radius 3 is 2.33 bits per heavy atom. The van der Waals surface area contributed by atoms with Gasteiger partial charge in [-0.2, -0.15) is 0 Å². The maximum Gasteiger partial charge on any atom is 0.354 e. The third-order valence-corrected chi connectivity index (χ3v) is 2.38. The fraction of sp³-hybridized carbons (Fsp3) is 0.667. The smallest absolute Gasteiger partial charge is 0.354 e. The molecule has 0 aromatic rings. The van der Waals surface area contributed by atoms with Gasteiger partial charge in [0.05, 0.1) is 32.5 Å². The minimum atomic E-state index is -0.535. The quantitative estimate of drug-likeness (QED) is 0.522. The van der Waals surface area contributed by atoms with Crippen LogP contribution in [0.1, 0.15) is 13.8 Å². The van der Waals surface area contributed by atoms with E-state index in [1.807, 2.05) is 0 Å². The van der Waals surface area contributed by atoms with Crippen LogP contribution >= 0.6 is 0 Å². The fourth-order valence-electron chi connectivity index (χ4n) is 1.58. The lowest BCUT2D eigenvalue weighted by molar-refractivity contribution is -0.143.